The average molecular weight is 248 g/mol. The van der Waals surface area contributed by atoms with Gasteiger partial charge in [-0.05, 0) is 43.5 Å². The SMILES string of the molecule is O=C(CC1CCCN1)N1CCc2ccc(F)cc21. The van der Waals surface area contributed by atoms with Crippen molar-refractivity contribution in [2.24, 2.45) is 0 Å². The van der Waals surface area contributed by atoms with E-state index in [1.165, 1.54) is 12.1 Å². The third-order valence-electron chi connectivity index (χ3n) is 3.83. The van der Waals surface area contributed by atoms with Gasteiger partial charge in [-0.15, -0.1) is 0 Å². The van der Waals surface area contributed by atoms with Gasteiger partial charge >= 0.3 is 0 Å². The number of carbonyl (C=O) groups excluding carboxylic acids is 1. The monoisotopic (exact) mass is 248 g/mol. The maximum Gasteiger partial charge on any atom is 0.228 e. The van der Waals surface area contributed by atoms with Crippen molar-refractivity contribution in [1.29, 1.82) is 0 Å². The van der Waals surface area contributed by atoms with Crippen molar-refractivity contribution in [2.45, 2.75) is 31.7 Å². The fraction of sp³-hybridized carbons (Fsp3) is 0.500. The maximum atomic E-state index is 13.3. The van der Waals surface area contributed by atoms with Crippen molar-refractivity contribution in [2.75, 3.05) is 18.0 Å². The number of carbonyl (C=O) groups is 1. The normalized spacial score (nSPS) is 22.3. The molecule has 1 aromatic rings. The quantitative estimate of drug-likeness (QED) is 0.866. The minimum Gasteiger partial charge on any atom is -0.313 e. The lowest BCUT2D eigenvalue weighted by molar-refractivity contribution is -0.118. The van der Waals surface area contributed by atoms with E-state index in [9.17, 15) is 9.18 Å². The first-order valence-corrected chi connectivity index (χ1v) is 6.56. The fourth-order valence-electron chi connectivity index (χ4n) is 2.86. The van der Waals surface area contributed by atoms with Crippen LogP contribution < -0.4 is 10.2 Å². The zero-order valence-corrected chi connectivity index (χ0v) is 10.3. The molecule has 0 saturated carbocycles. The lowest BCUT2D eigenvalue weighted by atomic mass is 10.1. The molecule has 1 unspecified atom stereocenters. The second-order valence-electron chi connectivity index (χ2n) is 5.07. The Morgan fingerprint density at radius 1 is 1.50 bits per heavy atom. The van der Waals surface area contributed by atoms with E-state index in [0.29, 0.717) is 19.0 Å². The number of nitrogens with zero attached hydrogens (tertiary/aromatic N) is 1. The van der Waals surface area contributed by atoms with E-state index in [2.05, 4.69) is 5.32 Å². The molecule has 1 N–H and O–H groups in total. The summed E-state index contributed by atoms with van der Waals surface area (Å²) in [6.07, 6.45) is 3.56. The van der Waals surface area contributed by atoms with E-state index in [4.69, 9.17) is 0 Å². The van der Waals surface area contributed by atoms with Crippen LogP contribution in [-0.4, -0.2) is 25.0 Å². The van der Waals surface area contributed by atoms with Crippen molar-refractivity contribution < 1.29 is 9.18 Å². The summed E-state index contributed by atoms with van der Waals surface area (Å²) < 4.78 is 13.3. The maximum absolute atomic E-state index is 13.3. The molecule has 0 aliphatic carbocycles. The standard InChI is InChI=1S/C14H17FN2O/c15-11-4-3-10-5-7-17(13(10)8-11)14(18)9-12-2-1-6-16-12/h3-4,8,12,16H,1-2,5-7,9H2. The molecule has 2 heterocycles. The summed E-state index contributed by atoms with van der Waals surface area (Å²) in [4.78, 5) is 14.0. The molecule has 1 atom stereocenters. The second kappa shape index (κ2) is 4.69. The van der Waals surface area contributed by atoms with Crippen LogP contribution in [0.2, 0.25) is 0 Å². The Morgan fingerprint density at radius 2 is 2.39 bits per heavy atom. The number of rotatable bonds is 2. The molecule has 2 aliphatic heterocycles. The van der Waals surface area contributed by atoms with Gasteiger partial charge in [-0.2, -0.15) is 0 Å². The summed E-state index contributed by atoms with van der Waals surface area (Å²) in [5.74, 6) is -0.161. The smallest absolute Gasteiger partial charge is 0.228 e. The molecule has 18 heavy (non-hydrogen) atoms. The summed E-state index contributed by atoms with van der Waals surface area (Å²) in [7, 11) is 0. The largest absolute Gasteiger partial charge is 0.313 e. The molecule has 96 valence electrons. The van der Waals surface area contributed by atoms with Gasteiger partial charge in [0.15, 0.2) is 0 Å². The molecule has 1 fully saturated rings. The third kappa shape index (κ3) is 2.12. The van der Waals surface area contributed by atoms with E-state index in [-0.39, 0.29) is 11.7 Å². The van der Waals surface area contributed by atoms with Crippen LogP contribution in [0.4, 0.5) is 10.1 Å². The number of hydrogen-bond acceptors (Lipinski definition) is 2. The van der Waals surface area contributed by atoms with E-state index >= 15 is 0 Å². The van der Waals surface area contributed by atoms with Crippen LogP contribution in [0.25, 0.3) is 0 Å². The number of anilines is 1. The molecule has 0 spiro atoms. The van der Waals surface area contributed by atoms with Crippen LogP contribution in [0, 0.1) is 5.82 Å². The molecule has 0 aromatic heterocycles. The van der Waals surface area contributed by atoms with Crippen LogP contribution in [0.15, 0.2) is 18.2 Å². The van der Waals surface area contributed by atoms with E-state index in [1.54, 1.807) is 11.0 Å². The van der Waals surface area contributed by atoms with Crippen molar-refractivity contribution in [3.8, 4) is 0 Å². The van der Waals surface area contributed by atoms with Gasteiger partial charge in [0.2, 0.25) is 5.91 Å². The molecule has 3 rings (SSSR count). The van der Waals surface area contributed by atoms with Crippen LogP contribution in [0.5, 0.6) is 0 Å². The molecule has 3 nitrogen and oxygen atoms in total. The van der Waals surface area contributed by atoms with E-state index < -0.39 is 0 Å². The van der Waals surface area contributed by atoms with Gasteiger partial charge < -0.3 is 10.2 Å². The van der Waals surface area contributed by atoms with Gasteiger partial charge in [-0.25, -0.2) is 4.39 Å². The van der Waals surface area contributed by atoms with Crippen LogP contribution in [0.3, 0.4) is 0 Å². The number of hydrogen-bond donors (Lipinski definition) is 1. The molecule has 1 saturated heterocycles. The first-order chi connectivity index (χ1) is 8.74. The van der Waals surface area contributed by atoms with Crippen molar-refractivity contribution in [3.63, 3.8) is 0 Å². The highest BCUT2D eigenvalue weighted by Gasteiger charge is 2.27. The van der Waals surface area contributed by atoms with Gasteiger partial charge in [-0.1, -0.05) is 6.07 Å². The zero-order valence-electron chi connectivity index (χ0n) is 10.3. The number of fused-ring (bicyclic) bond motifs is 1. The molecular formula is C14H17FN2O. The number of benzene rings is 1. The Hall–Kier alpha value is -1.42. The summed E-state index contributed by atoms with van der Waals surface area (Å²) >= 11 is 0. The van der Waals surface area contributed by atoms with Gasteiger partial charge in [0.1, 0.15) is 5.82 Å². The molecule has 0 bridgehead atoms. The lowest BCUT2D eigenvalue weighted by Crippen LogP contribution is -2.34. The fourth-order valence-corrected chi connectivity index (χ4v) is 2.86. The highest BCUT2D eigenvalue weighted by molar-refractivity contribution is 5.95. The first-order valence-electron chi connectivity index (χ1n) is 6.56. The molecular weight excluding hydrogens is 231 g/mol. The highest BCUT2D eigenvalue weighted by Crippen LogP contribution is 2.29. The van der Waals surface area contributed by atoms with Crippen molar-refractivity contribution in [3.05, 3.63) is 29.6 Å². The molecule has 2 aliphatic rings. The van der Waals surface area contributed by atoms with E-state index in [1.807, 2.05) is 0 Å². The van der Waals surface area contributed by atoms with Crippen molar-refractivity contribution in [1.82, 2.24) is 5.32 Å². The number of nitrogens with one attached hydrogen (secondary N) is 1. The Labute approximate surface area is 106 Å². The molecule has 0 radical (unpaired) electrons. The second-order valence-corrected chi connectivity index (χ2v) is 5.07. The van der Waals surface area contributed by atoms with Gasteiger partial charge in [0.25, 0.3) is 0 Å². The Balaban J connectivity index is 1.74. The van der Waals surface area contributed by atoms with Gasteiger partial charge in [0.05, 0.1) is 0 Å². The zero-order chi connectivity index (χ0) is 12.5. The predicted octanol–water partition coefficient (Wildman–Crippen LogP) is 1.86. The van der Waals surface area contributed by atoms with Crippen LogP contribution in [0.1, 0.15) is 24.8 Å². The highest BCUT2D eigenvalue weighted by atomic mass is 19.1. The summed E-state index contributed by atoms with van der Waals surface area (Å²) in [5.41, 5.74) is 1.84. The Bertz CT molecular complexity index is 469. The molecule has 1 amide bonds. The average Bonchev–Trinajstić information content (AvgIpc) is 2.97. The third-order valence-corrected chi connectivity index (χ3v) is 3.83. The van der Waals surface area contributed by atoms with Gasteiger partial charge in [0, 0.05) is 24.7 Å². The summed E-state index contributed by atoms with van der Waals surface area (Å²) in [5, 5.41) is 3.32. The predicted molar refractivity (Wildman–Crippen MR) is 68.1 cm³/mol. The summed E-state index contributed by atoms with van der Waals surface area (Å²) in [6.45, 7) is 1.69. The topological polar surface area (TPSA) is 32.3 Å². The Kier molecular flexibility index (Phi) is 3.04. The molecule has 1 aromatic carbocycles. The van der Waals surface area contributed by atoms with Crippen molar-refractivity contribution >= 4 is 11.6 Å². The first kappa shape index (κ1) is 11.7. The minimum atomic E-state index is -0.271. The molecule has 4 heteroatoms. The van der Waals surface area contributed by atoms with Gasteiger partial charge in [-0.3, -0.25) is 4.79 Å². The lowest BCUT2D eigenvalue weighted by Gasteiger charge is -2.19. The van der Waals surface area contributed by atoms with Crippen LogP contribution in [-0.2, 0) is 11.2 Å². The number of halogens is 1. The summed E-state index contributed by atoms with van der Waals surface area (Å²) in [6, 6.07) is 5.02. The minimum absolute atomic E-state index is 0.110. The Morgan fingerprint density at radius 3 is 3.17 bits per heavy atom. The van der Waals surface area contributed by atoms with Crippen LogP contribution >= 0.6 is 0 Å². The number of amides is 1. The van der Waals surface area contributed by atoms with E-state index in [0.717, 1.165) is 37.1 Å².